The summed E-state index contributed by atoms with van der Waals surface area (Å²) in [4.78, 5) is 22.7. The van der Waals surface area contributed by atoms with E-state index in [1.165, 1.54) is 11.3 Å². The van der Waals surface area contributed by atoms with Crippen LogP contribution in [0.4, 0.5) is 5.13 Å². The fraction of sp³-hybridized carbons (Fsp3) is 0.179. The van der Waals surface area contributed by atoms with Gasteiger partial charge in [0.1, 0.15) is 17.8 Å². The first-order valence-corrected chi connectivity index (χ1v) is 13.9. The molecule has 0 atom stereocenters. The molecule has 0 saturated carbocycles. The number of carbonyl (C=O) groups is 1. The van der Waals surface area contributed by atoms with Crippen LogP contribution in [0.15, 0.2) is 102 Å². The van der Waals surface area contributed by atoms with Crippen molar-refractivity contribution in [2.75, 3.05) is 23.0 Å². The van der Waals surface area contributed by atoms with Gasteiger partial charge in [0.2, 0.25) is 5.71 Å². The number of alkyl halides is 1. The van der Waals surface area contributed by atoms with Crippen LogP contribution < -0.4 is 5.32 Å². The molecule has 1 N–H and O–H groups in total. The molecule has 1 heterocycles. The molecule has 0 aliphatic carbocycles. The van der Waals surface area contributed by atoms with Gasteiger partial charge in [-0.15, -0.1) is 11.3 Å². The molecular formula is C28H26IN3O3S. The second-order valence-electron chi connectivity index (χ2n) is 7.69. The summed E-state index contributed by atoms with van der Waals surface area (Å²) < 4.78 is 5.94. The highest BCUT2D eigenvalue weighted by atomic mass is 127. The van der Waals surface area contributed by atoms with Crippen molar-refractivity contribution in [2.45, 2.75) is 12.5 Å². The Bertz CT molecular complexity index is 1180. The first-order chi connectivity index (χ1) is 17.7. The Morgan fingerprint density at radius 1 is 0.944 bits per heavy atom. The van der Waals surface area contributed by atoms with Crippen molar-refractivity contribution in [1.29, 1.82) is 0 Å². The molecule has 3 aromatic carbocycles. The summed E-state index contributed by atoms with van der Waals surface area (Å²) in [5, 5.41) is 10.2. The third-order valence-electron chi connectivity index (χ3n) is 5.45. The molecule has 184 valence electrons. The molecule has 0 fully saturated rings. The number of halogens is 1. The molecule has 0 saturated heterocycles. The van der Waals surface area contributed by atoms with Gasteiger partial charge in [0, 0.05) is 9.81 Å². The van der Waals surface area contributed by atoms with E-state index in [1.807, 2.05) is 54.6 Å². The number of nitrogens with one attached hydrogen (secondary N) is 1. The quantitative estimate of drug-likeness (QED) is 0.0412. The van der Waals surface area contributed by atoms with Crippen molar-refractivity contribution < 1.29 is 14.4 Å². The Labute approximate surface area is 228 Å². The molecular weight excluding hydrogens is 585 g/mol. The molecule has 0 unspecified atom stereocenters. The number of esters is 1. The average Bonchev–Trinajstić information content (AvgIpc) is 3.39. The van der Waals surface area contributed by atoms with E-state index in [1.54, 1.807) is 12.3 Å². The number of carbonyl (C=O) groups excluding carboxylic acids is 1. The predicted molar refractivity (Wildman–Crippen MR) is 153 cm³/mol. The third-order valence-corrected chi connectivity index (χ3v) is 6.65. The van der Waals surface area contributed by atoms with Crippen LogP contribution in [0.3, 0.4) is 0 Å². The first-order valence-electron chi connectivity index (χ1n) is 11.5. The molecule has 4 aromatic rings. The molecule has 1 aromatic heterocycles. The number of aromatic nitrogens is 1. The Kier molecular flexibility index (Phi) is 9.07. The maximum absolute atomic E-state index is 12.6. The van der Waals surface area contributed by atoms with Gasteiger partial charge in [0.15, 0.2) is 5.13 Å². The van der Waals surface area contributed by atoms with Crippen LogP contribution in [-0.4, -0.2) is 34.3 Å². The molecule has 8 heteroatoms. The molecule has 0 amide bonds. The fourth-order valence-electron chi connectivity index (χ4n) is 3.91. The van der Waals surface area contributed by atoms with Gasteiger partial charge in [0.25, 0.3) is 0 Å². The Morgan fingerprint density at radius 2 is 1.47 bits per heavy atom. The summed E-state index contributed by atoms with van der Waals surface area (Å²) in [7, 11) is 0. The second kappa shape index (κ2) is 12.6. The van der Waals surface area contributed by atoms with Crippen molar-refractivity contribution in [3.05, 3.63) is 119 Å². The highest BCUT2D eigenvalue weighted by Gasteiger charge is 2.37. The van der Waals surface area contributed by atoms with Gasteiger partial charge in [-0.1, -0.05) is 119 Å². The van der Waals surface area contributed by atoms with E-state index in [9.17, 15) is 4.79 Å². The van der Waals surface area contributed by atoms with E-state index < -0.39 is 11.5 Å². The normalized spacial score (nSPS) is 11.7. The summed E-state index contributed by atoms with van der Waals surface area (Å²) in [6.45, 7) is 2.37. The summed E-state index contributed by atoms with van der Waals surface area (Å²) in [6.07, 6.45) is 0. The minimum Gasteiger partial charge on any atom is -0.461 e. The van der Waals surface area contributed by atoms with Crippen LogP contribution in [0.1, 0.15) is 29.3 Å². The smallest absolute Gasteiger partial charge is 0.362 e. The van der Waals surface area contributed by atoms with Gasteiger partial charge in [-0.2, -0.15) is 0 Å². The lowest BCUT2D eigenvalue weighted by atomic mass is 9.77. The first kappa shape index (κ1) is 25.8. The zero-order chi connectivity index (χ0) is 25.2. The highest BCUT2D eigenvalue weighted by molar-refractivity contribution is 14.1. The van der Waals surface area contributed by atoms with E-state index in [-0.39, 0.29) is 12.3 Å². The van der Waals surface area contributed by atoms with Crippen molar-refractivity contribution in [3.8, 4) is 0 Å². The summed E-state index contributed by atoms with van der Waals surface area (Å²) in [6, 6.07) is 30.8. The van der Waals surface area contributed by atoms with Crippen LogP contribution in [0.2, 0.25) is 0 Å². The Hall–Kier alpha value is -3.24. The van der Waals surface area contributed by atoms with E-state index in [4.69, 9.17) is 14.6 Å². The molecule has 0 aliphatic rings. The Balaban J connectivity index is 1.82. The number of thiazole rings is 1. The van der Waals surface area contributed by atoms with Crippen LogP contribution in [0, 0.1) is 0 Å². The number of hydrogen-bond acceptors (Lipinski definition) is 7. The minimum absolute atomic E-state index is 0.0516. The molecule has 0 aliphatic heterocycles. The molecule has 0 radical (unpaired) electrons. The van der Waals surface area contributed by atoms with Gasteiger partial charge in [0.05, 0.1) is 6.61 Å². The lowest BCUT2D eigenvalue weighted by molar-refractivity contribution is -0.135. The van der Waals surface area contributed by atoms with Crippen LogP contribution in [0.25, 0.3) is 0 Å². The van der Waals surface area contributed by atoms with Gasteiger partial charge in [-0.25, -0.2) is 9.78 Å². The summed E-state index contributed by atoms with van der Waals surface area (Å²) in [5.41, 5.74) is 2.90. The van der Waals surface area contributed by atoms with Crippen molar-refractivity contribution in [1.82, 2.24) is 4.98 Å². The molecule has 36 heavy (non-hydrogen) atoms. The van der Waals surface area contributed by atoms with Gasteiger partial charge in [-0.3, -0.25) is 0 Å². The zero-order valence-electron chi connectivity index (χ0n) is 19.8. The van der Waals surface area contributed by atoms with Crippen LogP contribution >= 0.6 is 33.9 Å². The largest absolute Gasteiger partial charge is 0.461 e. The number of anilines is 1. The van der Waals surface area contributed by atoms with Gasteiger partial charge >= 0.3 is 5.97 Å². The summed E-state index contributed by atoms with van der Waals surface area (Å²) in [5.74, 6) is -0.566. The summed E-state index contributed by atoms with van der Waals surface area (Å²) >= 11 is 3.58. The second-order valence-corrected chi connectivity index (χ2v) is 9.63. The van der Waals surface area contributed by atoms with E-state index >= 15 is 0 Å². The van der Waals surface area contributed by atoms with E-state index in [2.05, 4.69) is 69.5 Å². The maximum Gasteiger partial charge on any atom is 0.362 e. The lowest BCUT2D eigenvalue weighted by Crippen LogP contribution is -2.38. The predicted octanol–water partition coefficient (Wildman–Crippen LogP) is 6.27. The SMILES string of the molecule is CCOC(=O)C(=NOCCI)c1csc(NC(c2ccccc2)(c2ccccc2)c2ccccc2)n1. The number of nitrogens with zero attached hydrogens (tertiary/aromatic N) is 2. The third kappa shape index (κ3) is 5.76. The highest BCUT2D eigenvalue weighted by Crippen LogP contribution is 2.40. The topological polar surface area (TPSA) is 72.8 Å². The molecule has 4 rings (SSSR count). The van der Waals surface area contributed by atoms with Crippen LogP contribution in [-0.2, 0) is 19.9 Å². The van der Waals surface area contributed by atoms with E-state index in [0.29, 0.717) is 17.4 Å². The van der Waals surface area contributed by atoms with Gasteiger partial charge < -0.3 is 14.9 Å². The standard InChI is InChI=1S/C28H26IN3O3S/c1-2-34-26(33)25(32-35-19-18-29)24-20-36-27(30-24)31-28(21-12-6-3-7-13-21,22-14-8-4-9-15-22)23-16-10-5-11-17-23/h3-17,20H,2,18-19H2,1H3,(H,30,31). The molecule has 6 nitrogen and oxygen atoms in total. The number of rotatable bonds is 11. The van der Waals surface area contributed by atoms with Crippen LogP contribution in [0.5, 0.6) is 0 Å². The number of benzene rings is 3. The Morgan fingerprint density at radius 3 is 1.94 bits per heavy atom. The van der Waals surface area contributed by atoms with Crippen molar-refractivity contribution >= 4 is 50.7 Å². The number of hydrogen-bond donors (Lipinski definition) is 1. The zero-order valence-corrected chi connectivity index (χ0v) is 22.7. The maximum atomic E-state index is 12.6. The molecule has 0 spiro atoms. The number of ether oxygens (including phenoxy) is 1. The fourth-order valence-corrected chi connectivity index (χ4v) is 4.86. The van der Waals surface area contributed by atoms with Crippen molar-refractivity contribution in [2.24, 2.45) is 5.16 Å². The molecule has 0 bridgehead atoms. The monoisotopic (exact) mass is 611 g/mol. The minimum atomic E-state index is -0.724. The average molecular weight is 612 g/mol. The van der Waals surface area contributed by atoms with Gasteiger partial charge in [-0.05, 0) is 23.6 Å². The lowest BCUT2D eigenvalue weighted by Gasteiger charge is -2.36. The number of oxime groups is 1. The van der Waals surface area contributed by atoms with Crippen molar-refractivity contribution in [3.63, 3.8) is 0 Å². The van der Waals surface area contributed by atoms with E-state index in [0.717, 1.165) is 21.1 Å².